The van der Waals surface area contributed by atoms with Crippen molar-refractivity contribution in [3.8, 4) is 11.5 Å². The minimum Gasteiger partial charge on any atom is -0.488 e. The van der Waals surface area contributed by atoms with Gasteiger partial charge in [-0.15, -0.1) is 0 Å². The summed E-state index contributed by atoms with van der Waals surface area (Å²) in [6, 6.07) is 12.2. The van der Waals surface area contributed by atoms with Gasteiger partial charge >= 0.3 is 0 Å². The number of aryl methyl sites for hydroxylation is 3. The number of nitrogens with one attached hydrogen (secondary N) is 2. The molecule has 3 aliphatic rings. The molecule has 2 aromatic carbocycles. The number of piperidine rings is 1. The van der Waals surface area contributed by atoms with Gasteiger partial charge in [-0.2, -0.15) is 0 Å². The highest BCUT2D eigenvalue weighted by molar-refractivity contribution is 5.95. The molecule has 0 unspecified atom stereocenters. The number of aromatic nitrogens is 2. The highest BCUT2D eigenvalue weighted by atomic mass is 16.5. The van der Waals surface area contributed by atoms with Gasteiger partial charge in [-0.3, -0.25) is 14.4 Å². The van der Waals surface area contributed by atoms with Crippen molar-refractivity contribution < 1.29 is 23.9 Å². The van der Waals surface area contributed by atoms with E-state index in [1.54, 1.807) is 29.3 Å². The van der Waals surface area contributed by atoms with E-state index >= 15 is 0 Å². The summed E-state index contributed by atoms with van der Waals surface area (Å²) in [6.45, 7) is 5.54. The van der Waals surface area contributed by atoms with Gasteiger partial charge in [-0.1, -0.05) is 25.1 Å². The largest absolute Gasteiger partial charge is 0.488 e. The van der Waals surface area contributed by atoms with Crippen molar-refractivity contribution in [1.82, 2.24) is 25.1 Å². The molecule has 210 valence electrons. The number of likely N-dealkylation sites (tertiary alicyclic amines) is 1. The van der Waals surface area contributed by atoms with Crippen molar-refractivity contribution in [2.24, 2.45) is 0 Å². The van der Waals surface area contributed by atoms with Crippen LogP contribution in [0.3, 0.4) is 0 Å². The van der Waals surface area contributed by atoms with E-state index in [4.69, 9.17) is 9.47 Å². The topological polar surface area (TPSA) is 115 Å². The maximum absolute atomic E-state index is 13.4. The predicted octanol–water partition coefficient (Wildman–Crippen LogP) is 2.63. The van der Waals surface area contributed by atoms with Crippen LogP contribution in [-0.2, 0) is 29.1 Å². The molecule has 10 heteroatoms. The van der Waals surface area contributed by atoms with Crippen molar-refractivity contribution >= 4 is 17.7 Å². The second-order valence-electron chi connectivity index (χ2n) is 10.2. The number of carbonyl (C=O) groups is 3. The van der Waals surface area contributed by atoms with E-state index in [2.05, 4.69) is 15.6 Å². The van der Waals surface area contributed by atoms with Crippen LogP contribution >= 0.6 is 0 Å². The van der Waals surface area contributed by atoms with Crippen LogP contribution in [0.2, 0.25) is 0 Å². The maximum atomic E-state index is 13.4. The second kappa shape index (κ2) is 12.2. The SMILES string of the molecule is CCc1nccn1CCC(=O)N1CC[C@@H]2Oc3ccc(cc3)CNC(=O)COc3cc(ccc3C)C(=O)N[C@H]2C1. The van der Waals surface area contributed by atoms with Crippen molar-refractivity contribution in [2.45, 2.75) is 58.3 Å². The van der Waals surface area contributed by atoms with Crippen LogP contribution in [0.4, 0.5) is 0 Å². The molecule has 0 aliphatic carbocycles. The third kappa shape index (κ3) is 6.44. The molecule has 2 N–H and O–H groups in total. The number of ether oxygens (including phenoxy) is 2. The molecule has 4 bridgehead atoms. The van der Waals surface area contributed by atoms with Gasteiger partial charge in [0.15, 0.2) is 6.61 Å². The monoisotopic (exact) mass is 545 g/mol. The van der Waals surface area contributed by atoms with Crippen LogP contribution in [0.25, 0.3) is 0 Å². The zero-order valence-electron chi connectivity index (χ0n) is 22.9. The highest BCUT2D eigenvalue weighted by Crippen LogP contribution is 2.23. The van der Waals surface area contributed by atoms with E-state index in [1.165, 1.54) is 0 Å². The number of amides is 3. The molecular formula is C30H35N5O5. The lowest BCUT2D eigenvalue weighted by atomic mass is 10.00. The van der Waals surface area contributed by atoms with Crippen molar-refractivity contribution in [2.75, 3.05) is 19.7 Å². The normalized spacial score (nSPS) is 19.5. The van der Waals surface area contributed by atoms with Gasteiger partial charge in [-0.05, 0) is 42.3 Å². The Labute approximate surface area is 233 Å². The molecule has 1 fully saturated rings. The number of imidazole rings is 1. The average molecular weight is 546 g/mol. The zero-order valence-corrected chi connectivity index (χ0v) is 22.9. The van der Waals surface area contributed by atoms with Crippen molar-refractivity contribution in [3.05, 3.63) is 77.4 Å². The van der Waals surface area contributed by atoms with E-state index in [9.17, 15) is 14.4 Å². The molecule has 40 heavy (non-hydrogen) atoms. The summed E-state index contributed by atoms with van der Waals surface area (Å²) in [6.07, 6.45) is 5.05. The van der Waals surface area contributed by atoms with E-state index in [1.807, 2.05) is 48.9 Å². The van der Waals surface area contributed by atoms with E-state index in [-0.39, 0.29) is 30.4 Å². The average Bonchev–Trinajstić information content (AvgIpc) is 3.43. The first-order valence-corrected chi connectivity index (χ1v) is 13.7. The maximum Gasteiger partial charge on any atom is 0.258 e. The van der Waals surface area contributed by atoms with E-state index < -0.39 is 6.04 Å². The highest BCUT2D eigenvalue weighted by Gasteiger charge is 2.34. The first-order chi connectivity index (χ1) is 19.4. The van der Waals surface area contributed by atoms with Gasteiger partial charge in [-0.25, -0.2) is 4.98 Å². The molecule has 3 aliphatic heterocycles. The van der Waals surface area contributed by atoms with E-state index in [0.717, 1.165) is 23.4 Å². The quantitative estimate of drug-likeness (QED) is 0.521. The fourth-order valence-corrected chi connectivity index (χ4v) is 5.07. The van der Waals surface area contributed by atoms with Crippen molar-refractivity contribution in [3.63, 3.8) is 0 Å². The van der Waals surface area contributed by atoms with Gasteiger partial charge < -0.3 is 29.6 Å². The minimum atomic E-state index is -0.422. The Morgan fingerprint density at radius 3 is 2.77 bits per heavy atom. The van der Waals surface area contributed by atoms with Crippen LogP contribution in [0.5, 0.6) is 11.5 Å². The molecular weight excluding hydrogens is 510 g/mol. The molecule has 0 saturated carbocycles. The summed E-state index contributed by atoms with van der Waals surface area (Å²) in [5.74, 6) is 1.56. The van der Waals surface area contributed by atoms with Crippen LogP contribution < -0.4 is 20.1 Å². The minimum absolute atomic E-state index is 0.0272. The molecule has 3 aromatic rings. The molecule has 1 aromatic heterocycles. The van der Waals surface area contributed by atoms with Crippen LogP contribution in [0.15, 0.2) is 54.9 Å². The molecule has 0 radical (unpaired) electrons. The number of hydrogen-bond acceptors (Lipinski definition) is 6. The summed E-state index contributed by atoms with van der Waals surface area (Å²) in [5, 5.41) is 5.96. The summed E-state index contributed by atoms with van der Waals surface area (Å²) in [4.78, 5) is 45.1. The number of nitrogens with zero attached hydrogens (tertiary/aromatic N) is 3. The fraction of sp³-hybridized carbons (Fsp3) is 0.400. The van der Waals surface area contributed by atoms with Gasteiger partial charge in [0.1, 0.15) is 23.4 Å². The lowest BCUT2D eigenvalue weighted by Gasteiger charge is -2.39. The number of benzene rings is 2. The summed E-state index contributed by atoms with van der Waals surface area (Å²) >= 11 is 0. The van der Waals surface area contributed by atoms with Crippen LogP contribution in [-0.4, -0.2) is 64.0 Å². The Kier molecular flexibility index (Phi) is 8.33. The molecule has 1 saturated heterocycles. The lowest BCUT2D eigenvalue weighted by molar-refractivity contribution is -0.134. The standard InChI is InChI=1S/C30H35N5O5/c1-3-27-31-12-15-34(27)14-11-29(37)35-13-10-25-24(18-35)33-30(38)22-7-4-20(2)26(16-22)39-19-28(36)32-17-21-5-8-23(40-25)9-6-21/h4-9,12,15-16,24-25H,3,10-11,13-14,17-19H2,1-2H3,(H,32,36)(H,33,38)/t24-,25-/m0/s1. The molecule has 0 spiro atoms. The number of carbonyl (C=O) groups excluding carboxylic acids is 3. The van der Waals surface area contributed by atoms with Gasteiger partial charge in [0, 0.05) is 63.4 Å². The van der Waals surface area contributed by atoms with Gasteiger partial charge in [0.05, 0.1) is 6.04 Å². The molecule has 3 amide bonds. The lowest BCUT2D eigenvalue weighted by Crippen LogP contribution is -2.58. The number of hydrogen-bond donors (Lipinski definition) is 2. The third-order valence-electron chi connectivity index (χ3n) is 7.41. The molecule has 10 nitrogen and oxygen atoms in total. The summed E-state index contributed by atoms with van der Waals surface area (Å²) in [5.41, 5.74) is 2.15. The molecule has 6 rings (SSSR count). The fourth-order valence-electron chi connectivity index (χ4n) is 5.07. The Balaban J connectivity index is 1.36. The Morgan fingerprint density at radius 2 is 1.98 bits per heavy atom. The smallest absolute Gasteiger partial charge is 0.258 e. The first kappa shape index (κ1) is 27.2. The molecule has 4 heterocycles. The van der Waals surface area contributed by atoms with Crippen LogP contribution in [0, 0.1) is 6.92 Å². The molecule has 2 atom stereocenters. The van der Waals surface area contributed by atoms with Crippen LogP contribution in [0.1, 0.15) is 47.1 Å². The number of rotatable bonds is 4. The number of fused-ring (bicyclic) bond motifs is 7. The van der Waals surface area contributed by atoms with Crippen molar-refractivity contribution in [1.29, 1.82) is 0 Å². The predicted molar refractivity (Wildman–Crippen MR) is 148 cm³/mol. The third-order valence-corrected chi connectivity index (χ3v) is 7.41. The Hall–Kier alpha value is -4.34. The first-order valence-electron chi connectivity index (χ1n) is 13.7. The second-order valence-corrected chi connectivity index (χ2v) is 10.2. The van der Waals surface area contributed by atoms with Gasteiger partial charge in [0.25, 0.3) is 11.8 Å². The Morgan fingerprint density at radius 1 is 1.15 bits per heavy atom. The van der Waals surface area contributed by atoms with Gasteiger partial charge in [0.2, 0.25) is 5.91 Å². The Bertz CT molecular complexity index is 1370. The summed E-state index contributed by atoms with van der Waals surface area (Å²) in [7, 11) is 0. The zero-order chi connectivity index (χ0) is 28.1. The van der Waals surface area contributed by atoms with E-state index in [0.29, 0.717) is 56.1 Å². The summed E-state index contributed by atoms with van der Waals surface area (Å²) < 4.78 is 14.1.